The number of rotatable bonds is 1. The summed E-state index contributed by atoms with van der Waals surface area (Å²) >= 11 is 0. The van der Waals surface area contributed by atoms with Crippen LogP contribution in [0.3, 0.4) is 0 Å². The van der Waals surface area contributed by atoms with E-state index in [-0.39, 0.29) is 5.91 Å². The molecule has 7 nitrogen and oxygen atoms in total. The predicted molar refractivity (Wildman–Crippen MR) is 106 cm³/mol. The topological polar surface area (TPSA) is 91.8 Å². The fraction of sp³-hybridized carbons (Fsp3) is 0.200. The summed E-state index contributed by atoms with van der Waals surface area (Å²) in [6.45, 7) is 3.47. The molecule has 0 unspecified atom stereocenters. The molecule has 0 spiro atoms. The molecule has 3 N–H and O–H groups in total. The Labute approximate surface area is 157 Å². The number of amides is 1. The van der Waals surface area contributed by atoms with Crippen molar-refractivity contribution in [2.75, 3.05) is 16.0 Å². The van der Waals surface area contributed by atoms with E-state index in [4.69, 9.17) is 0 Å². The summed E-state index contributed by atoms with van der Waals surface area (Å²) in [5.74, 6) is 1.16. The van der Waals surface area contributed by atoms with Crippen LogP contribution in [0.25, 0.3) is 0 Å². The molecular weight excluding hydrogens is 340 g/mol. The zero-order chi connectivity index (χ0) is 18.8. The summed E-state index contributed by atoms with van der Waals surface area (Å²) in [6.07, 6.45) is 6.96. The van der Waals surface area contributed by atoms with Gasteiger partial charge in [0.05, 0.1) is 11.9 Å². The first-order valence-corrected chi connectivity index (χ1v) is 8.79. The van der Waals surface area contributed by atoms with Crippen LogP contribution < -0.4 is 16.0 Å². The quantitative estimate of drug-likeness (QED) is 0.612. The molecule has 136 valence electrons. The normalized spacial score (nSPS) is 12.5. The van der Waals surface area contributed by atoms with Crippen LogP contribution in [-0.2, 0) is 17.6 Å². The van der Waals surface area contributed by atoms with Crippen LogP contribution in [0.4, 0.5) is 28.8 Å². The molecule has 1 aromatic carbocycles. The van der Waals surface area contributed by atoms with Crippen LogP contribution in [0, 0.1) is 6.92 Å². The van der Waals surface area contributed by atoms with Gasteiger partial charge in [-0.05, 0) is 55.2 Å². The van der Waals surface area contributed by atoms with E-state index in [1.54, 1.807) is 12.4 Å². The third kappa shape index (κ3) is 3.87. The van der Waals surface area contributed by atoms with Gasteiger partial charge in [0.25, 0.3) is 0 Å². The van der Waals surface area contributed by atoms with Crippen molar-refractivity contribution in [3.8, 4) is 0 Å². The highest BCUT2D eigenvalue weighted by atomic mass is 16.1. The number of pyridine rings is 1. The van der Waals surface area contributed by atoms with Crippen molar-refractivity contribution in [2.24, 2.45) is 0 Å². The molecule has 0 aliphatic carbocycles. The van der Waals surface area contributed by atoms with Gasteiger partial charge in [-0.1, -0.05) is 0 Å². The molecule has 2 aromatic heterocycles. The minimum atomic E-state index is -0.0842. The maximum Gasteiger partial charge on any atom is 0.229 e. The fourth-order valence-corrected chi connectivity index (χ4v) is 3.06. The lowest BCUT2D eigenvalue weighted by Crippen LogP contribution is -2.09. The van der Waals surface area contributed by atoms with Crippen molar-refractivity contribution in [3.63, 3.8) is 0 Å². The maximum absolute atomic E-state index is 11.5. The SMILES string of the molecule is CC(=O)Nc1ccc2cc1CCc1cncc(c1)Nc1ncc(C)c(n1)N2. The first kappa shape index (κ1) is 17.0. The lowest BCUT2D eigenvalue weighted by molar-refractivity contribution is -0.114. The third-order valence-electron chi connectivity index (χ3n) is 4.38. The van der Waals surface area contributed by atoms with Crippen LogP contribution in [0.15, 0.2) is 42.9 Å². The number of benzene rings is 1. The first-order chi connectivity index (χ1) is 13.1. The van der Waals surface area contributed by atoms with E-state index in [1.165, 1.54) is 6.92 Å². The minimum Gasteiger partial charge on any atom is -0.340 e. The van der Waals surface area contributed by atoms with Crippen molar-refractivity contribution >= 4 is 34.7 Å². The molecule has 0 fully saturated rings. The van der Waals surface area contributed by atoms with Gasteiger partial charge in [0, 0.05) is 36.3 Å². The summed E-state index contributed by atoms with van der Waals surface area (Å²) in [5, 5.41) is 9.48. The molecule has 0 saturated carbocycles. The second-order valence-corrected chi connectivity index (χ2v) is 6.61. The van der Waals surface area contributed by atoms with Crippen LogP contribution in [0.2, 0.25) is 0 Å². The standard InChI is InChI=1S/C20H20N6O/c1-12-9-22-20-25-17-7-14(10-21-11-17)3-4-15-8-16(24-19(12)26-20)5-6-18(15)23-13(2)27/h5-11H,3-4H2,1-2H3,(H,23,27)(H2,22,24,25,26). The number of hydrogen-bond acceptors (Lipinski definition) is 6. The number of hydrogen-bond donors (Lipinski definition) is 3. The van der Waals surface area contributed by atoms with E-state index in [0.29, 0.717) is 5.95 Å². The molecule has 4 rings (SSSR count). The molecule has 1 aliphatic heterocycles. The molecule has 3 aromatic rings. The number of anilines is 5. The Kier molecular flexibility index (Phi) is 4.42. The summed E-state index contributed by atoms with van der Waals surface area (Å²) in [6, 6.07) is 7.95. The van der Waals surface area contributed by atoms with E-state index in [9.17, 15) is 4.79 Å². The number of aromatic nitrogens is 3. The van der Waals surface area contributed by atoms with Gasteiger partial charge in [-0.15, -0.1) is 0 Å². The zero-order valence-electron chi connectivity index (χ0n) is 15.2. The number of carbonyl (C=O) groups excluding carboxylic acids is 1. The van der Waals surface area contributed by atoms with Crippen LogP contribution >= 0.6 is 0 Å². The predicted octanol–water partition coefficient (Wildman–Crippen LogP) is 3.72. The lowest BCUT2D eigenvalue weighted by Gasteiger charge is -2.14. The Morgan fingerprint density at radius 2 is 1.96 bits per heavy atom. The van der Waals surface area contributed by atoms with Gasteiger partial charge in [0.1, 0.15) is 5.82 Å². The van der Waals surface area contributed by atoms with Gasteiger partial charge < -0.3 is 16.0 Å². The highest BCUT2D eigenvalue weighted by Crippen LogP contribution is 2.27. The first-order valence-electron chi connectivity index (χ1n) is 8.79. The van der Waals surface area contributed by atoms with Crippen molar-refractivity contribution in [2.45, 2.75) is 26.7 Å². The Morgan fingerprint density at radius 3 is 2.81 bits per heavy atom. The molecule has 0 saturated heterocycles. The Bertz CT molecular complexity index is 1020. The summed E-state index contributed by atoms with van der Waals surface area (Å²) < 4.78 is 0. The molecule has 27 heavy (non-hydrogen) atoms. The smallest absolute Gasteiger partial charge is 0.229 e. The summed E-state index contributed by atoms with van der Waals surface area (Å²) in [7, 11) is 0. The van der Waals surface area contributed by atoms with Crippen molar-refractivity contribution in [1.82, 2.24) is 15.0 Å². The molecule has 6 bridgehead atoms. The number of aryl methyl sites for hydroxylation is 3. The highest BCUT2D eigenvalue weighted by Gasteiger charge is 2.11. The molecule has 7 heteroatoms. The Hall–Kier alpha value is -3.48. The third-order valence-corrected chi connectivity index (χ3v) is 4.38. The molecule has 3 heterocycles. The number of nitrogens with one attached hydrogen (secondary N) is 3. The van der Waals surface area contributed by atoms with E-state index in [2.05, 4.69) is 37.0 Å². The van der Waals surface area contributed by atoms with E-state index in [0.717, 1.165) is 52.4 Å². The number of carbonyl (C=O) groups is 1. The summed E-state index contributed by atoms with van der Waals surface area (Å²) in [5.41, 5.74) is 5.67. The van der Waals surface area contributed by atoms with Crippen LogP contribution in [0.1, 0.15) is 23.6 Å². The molecule has 1 aliphatic rings. The van der Waals surface area contributed by atoms with Gasteiger partial charge in [0.15, 0.2) is 0 Å². The Balaban J connectivity index is 1.81. The lowest BCUT2D eigenvalue weighted by atomic mass is 10.0. The van der Waals surface area contributed by atoms with Crippen molar-refractivity contribution < 1.29 is 4.79 Å². The number of nitrogens with zero attached hydrogens (tertiary/aromatic N) is 3. The summed E-state index contributed by atoms with van der Waals surface area (Å²) in [4.78, 5) is 24.8. The zero-order valence-corrected chi connectivity index (χ0v) is 15.2. The van der Waals surface area contributed by atoms with Gasteiger partial charge in [-0.2, -0.15) is 4.98 Å². The molecule has 1 amide bonds. The average molecular weight is 360 g/mol. The second-order valence-electron chi connectivity index (χ2n) is 6.61. The maximum atomic E-state index is 11.5. The second kappa shape index (κ2) is 7.03. The molecular formula is C20H20N6O. The van der Waals surface area contributed by atoms with E-state index < -0.39 is 0 Å². The van der Waals surface area contributed by atoms with Crippen molar-refractivity contribution in [3.05, 3.63) is 59.5 Å². The fourth-order valence-electron chi connectivity index (χ4n) is 3.06. The van der Waals surface area contributed by atoms with Crippen molar-refractivity contribution in [1.29, 1.82) is 0 Å². The Morgan fingerprint density at radius 1 is 1.07 bits per heavy atom. The van der Waals surface area contributed by atoms with Gasteiger partial charge in [-0.25, -0.2) is 4.98 Å². The number of fused-ring (bicyclic) bond motifs is 6. The van der Waals surface area contributed by atoms with E-state index in [1.807, 2.05) is 31.3 Å². The van der Waals surface area contributed by atoms with Crippen LogP contribution in [-0.4, -0.2) is 20.9 Å². The largest absolute Gasteiger partial charge is 0.340 e. The van der Waals surface area contributed by atoms with Crippen LogP contribution in [0.5, 0.6) is 0 Å². The van der Waals surface area contributed by atoms with E-state index >= 15 is 0 Å². The molecule has 0 radical (unpaired) electrons. The van der Waals surface area contributed by atoms with Gasteiger partial charge in [-0.3, -0.25) is 9.78 Å². The average Bonchev–Trinajstić information content (AvgIpc) is 2.64. The monoisotopic (exact) mass is 360 g/mol. The van der Waals surface area contributed by atoms with Gasteiger partial charge >= 0.3 is 0 Å². The molecule has 0 atom stereocenters. The minimum absolute atomic E-state index is 0.0842. The van der Waals surface area contributed by atoms with Gasteiger partial charge in [0.2, 0.25) is 11.9 Å². The highest BCUT2D eigenvalue weighted by molar-refractivity contribution is 5.90.